The highest BCUT2D eigenvalue weighted by molar-refractivity contribution is 5.96. The van der Waals surface area contributed by atoms with Crippen molar-refractivity contribution in [3.8, 4) is 0 Å². The highest BCUT2D eigenvalue weighted by atomic mass is 19.1. The van der Waals surface area contributed by atoms with Gasteiger partial charge in [-0.25, -0.2) is 9.49 Å². The van der Waals surface area contributed by atoms with E-state index in [0.29, 0.717) is 48.1 Å². The summed E-state index contributed by atoms with van der Waals surface area (Å²) >= 11 is 0. The van der Waals surface area contributed by atoms with Crippen LogP contribution in [0.3, 0.4) is 0 Å². The summed E-state index contributed by atoms with van der Waals surface area (Å²) in [6, 6.07) is 12.6. The van der Waals surface area contributed by atoms with E-state index in [4.69, 9.17) is 5.73 Å². The maximum Gasteiger partial charge on any atom is 0.267 e. The number of primary amides is 1. The van der Waals surface area contributed by atoms with Gasteiger partial charge in [0.2, 0.25) is 11.8 Å². The average molecular weight is 576 g/mol. The zero-order chi connectivity index (χ0) is 30.6. The fourth-order valence-corrected chi connectivity index (χ4v) is 5.86. The second-order valence-corrected chi connectivity index (χ2v) is 11.8. The largest absolute Gasteiger partial charge is 0.370 e. The van der Waals surface area contributed by atoms with Gasteiger partial charge in [0, 0.05) is 30.0 Å². The number of amides is 3. The van der Waals surface area contributed by atoms with Crippen molar-refractivity contribution >= 4 is 17.7 Å². The maximum atomic E-state index is 14.1. The maximum absolute atomic E-state index is 14.1. The van der Waals surface area contributed by atoms with Gasteiger partial charge in [-0.15, -0.1) is 0 Å². The zero-order valence-corrected chi connectivity index (χ0v) is 24.5. The molecule has 1 aromatic heterocycles. The number of nitrogens with zero attached hydrogens (tertiary/aromatic N) is 2. The quantitative estimate of drug-likeness (QED) is 0.337. The van der Waals surface area contributed by atoms with Crippen LogP contribution in [0.2, 0.25) is 0 Å². The summed E-state index contributed by atoms with van der Waals surface area (Å²) < 4.78 is 14.1. The first-order valence-electron chi connectivity index (χ1n) is 14.1. The first-order valence-corrected chi connectivity index (χ1v) is 14.1. The van der Waals surface area contributed by atoms with Crippen LogP contribution in [0.15, 0.2) is 53.3 Å². The van der Waals surface area contributed by atoms with Crippen LogP contribution in [-0.2, 0) is 16.0 Å². The van der Waals surface area contributed by atoms with Gasteiger partial charge in [-0.05, 0) is 85.5 Å². The highest BCUT2D eigenvalue weighted by Gasteiger charge is 2.45. The number of hydrogen-bond donors (Lipinski definition) is 3. The molecule has 42 heavy (non-hydrogen) atoms. The van der Waals surface area contributed by atoms with Gasteiger partial charge in [0.1, 0.15) is 5.82 Å². The van der Waals surface area contributed by atoms with Crippen molar-refractivity contribution < 1.29 is 18.8 Å². The molecule has 2 aromatic carbocycles. The van der Waals surface area contributed by atoms with Gasteiger partial charge in [-0.1, -0.05) is 32.0 Å². The van der Waals surface area contributed by atoms with Crippen LogP contribution in [0, 0.1) is 25.1 Å². The standard InChI is InChI=1S/C32H38FN5O4/c1-19-14-23(9-8-21(19)16-24-15-20(2)36-37-31(24)42)30(41)35-18-29(40)38-26(22-6-5-7-25(33)17-22)10-11-27(38)32(3,4)13-12-28(34)39/h5-9,14-15,17,26-27H,10-13,16,18H2,1-4H3,(H2,34,39)(H,35,41)(H,37,42)/t26-,27+/m0/s1. The first kappa shape index (κ1) is 30.6. The molecule has 222 valence electrons. The molecular weight excluding hydrogens is 537 g/mol. The molecule has 1 saturated heterocycles. The Hall–Kier alpha value is -4.34. The number of aryl methyl sites for hydroxylation is 2. The summed E-state index contributed by atoms with van der Waals surface area (Å²) in [5.41, 5.74) is 8.83. The molecule has 0 saturated carbocycles. The van der Waals surface area contributed by atoms with E-state index in [1.807, 2.05) is 20.8 Å². The Bertz CT molecular complexity index is 1550. The second-order valence-electron chi connectivity index (χ2n) is 11.8. The normalized spacial score (nSPS) is 16.8. The minimum atomic E-state index is -0.432. The van der Waals surface area contributed by atoms with Crippen molar-refractivity contribution in [2.75, 3.05) is 6.54 Å². The molecule has 4 N–H and O–H groups in total. The number of carbonyl (C=O) groups is 3. The van der Waals surface area contributed by atoms with Crippen molar-refractivity contribution in [3.05, 3.63) is 98.2 Å². The van der Waals surface area contributed by atoms with Gasteiger partial charge >= 0.3 is 0 Å². The predicted octanol–water partition coefficient (Wildman–Crippen LogP) is 3.87. The van der Waals surface area contributed by atoms with Crippen molar-refractivity contribution in [2.24, 2.45) is 11.1 Å². The molecule has 0 unspecified atom stereocenters. The highest BCUT2D eigenvalue weighted by Crippen LogP contribution is 2.45. The van der Waals surface area contributed by atoms with Crippen LogP contribution in [0.1, 0.15) is 83.9 Å². The lowest BCUT2D eigenvalue weighted by Gasteiger charge is -2.40. The third-order valence-corrected chi connectivity index (χ3v) is 8.22. The molecule has 4 rings (SSSR count). The SMILES string of the molecule is Cc1cc(Cc2ccc(C(=O)NCC(=O)N3[C@H](c4cccc(F)c4)CC[C@@H]3C(C)(C)CCC(N)=O)cc2C)c(=O)[nH]n1. The molecule has 3 amide bonds. The smallest absolute Gasteiger partial charge is 0.267 e. The van der Waals surface area contributed by atoms with Crippen molar-refractivity contribution in [1.82, 2.24) is 20.4 Å². The summed E-state index contributed by atoms with van der Waals surface area (Å²) in [5.74, 6) is -1.47. The van der Waals surface area contributed by atoms with E-state index in [1.54, 1.807) is 48.2 Å². The lowest BCUT2D eigenvalue weighted by Crippen LogP contribution is -2.49. The van der Waals surface area contributed by atoms with Crippen LogP contribution in [-0.4, -0.2) is 45.4 Å². The molecule has 3 aromatic rings. The number of hydrogen-bond acceptors (Lipinski definition) is 5. The van der Waals surface area contributed by atoms with Crippen LogP contribution in [0.4, 0.5) is 4.39 Å². The molecule has 1 fully saturated rings. The molecular formula is C32H38FN5O4. The van der Waals surface area contributed by atoms with Crippen LogP contribution in [0.25, 0.3) is 0 Å². The molecule has 2 heterocycles. The zero-order valence-electron chi connectivity index (χ0n) is 24.5. The van der Waals surface area contributed by atoms with Gasteiger partial charge in [-0.3, -0.25) is 19.2 Å². The monoisotopic (exact) mass is 575 g/mol. The lowest BCUT2D eigenvalue weighted by atomic mass is 9.78. The van der Waals surface area contributed by atoms with Crippen molar-refractivity contribution in [3.63, 3.8) is 0 Å². The van der Waals surface area contributed by atoms with Crippen LogP contribution >= 0.6 is 0 Å². The van der Waals surface area contributed by atoms with E-state index in [2.05, 4.69) is 15.5 Å². The van der Waals surface area contributed by atoms with E-state index >= 15 is 0 Å². The summed E-state index contributed by atoms with van der Waals surface area (Å²) in [5, 5.41) is 9.14. The van der Waals surface area contributed by atoms with Crippen molar-refractivity contribution in [1.29, 1.82) is 0 Å². The second kappa shape index (κ2) is 12.7. The Kier molecular flexibility index (Phi) is 9.23. The number of halogens is 1. The topological polar surface area (TPSA) is 138 Å². The molecule has 10 heteroatoms. The summed E-state index contributed by atoms with van der Waals surface area (Å²) in [4.78, 5) is 52.2. The fraction of sp³-hybridized carbons (Fsp3) is 0.406. The van der Waals surface area contributed by atoms with E-state index in [9.17, 15) is 23.6 Å². The first-order chi connectivity index (χ1) is 19.9. The van der Waals surface area contributed by atoms with Crippen LogP contribution < -0.4 is 16.6 Å². The van der Waals surface area contributed by atoms with Gasteiger partial charge < -0.3 is 16.0 Å². The average Bonchev–Trinajstić information content (AvgIpc) is 3.40. The Balaban J connectivity index is 1.50. The summed E-state index contributed by atoms with van der Waals surface area (Å²) in [7, 11) is 0. The summed E-state index contributed by atoms with van der Waals surface area (Å²) in [6.45, 7) is 7.43. The molecule has 1 aliphatic rings. The van der Waals surface area contributed by atoms with Gasteiger partial charge in [0.05, 0.1) is 18.3 Å². The van der Waals surface area contributed by atoms with Gasteiger partial charge in [-0.2, -0.15) is 5.10 Å². The molecule has 0 spiro atoms. The number of nitrogens with two attached hydrogens (primary N) is 1. The molecule has 9 nitrogen and oxygen atoms in total. The Morgan fingerprint density at radius 3 is 2.55 bits per heavy atom. The molecule has 0 radical (unpaired) electrons. The molecule has 0 aliphatic carbocycles. The third kappa shape index (κ3) is 7.10. The Labute approximate surface area is 244 Å². The van der Waals surface area contributed by atoms with E-state index < -0.39 is 17.2 Å². The molecule has 2 atom stereocenters. The fourth-order valence-electron chi connectivity index (χ4n) is 5.86. The molecule has 0 bridgehead atoms. The third-order valence-electron chi connectivity index (χ3n) is 8.22. The number of aromatic nitrogens is 2. The van der Waals surface area contributed by atoms with Crippen molar-refractivity contribution in [2.45, 2.75) is 71.9 Å². The van der Waals surface area contributed by atoms with E-state index in [0.717, 1.165) is 11.1 Å². The predicted molar refractivity (Wildman–Crippen MR) is 157 cm³/mol. The number of likely N-dealkylation sites (tertiary alicyclic amines) is 1. The minimum absolute atomic E-state index is 0.192. The number of carbonyl (C=O) groups excluding carboxylic acids is 3. The van der Waals surface area contributed by atoms with Crippen LogP contribution in [0.5, 0.6) is 0 Å². The number of aromatic amines is 1. The lowest BCUT2D eigenvalue weighted by molar-refractivity contribution is -0.135. The number of nitrogens with one attached hydrogen (secondary N) is 2. The minimum Gasteiger partial charge on any atom is -0.370 e. The number of rotatable bonds is 10. The number of H-pyrrole nitrogens is 1. The van der Waals surface area contributed by atoms with E-state index in [-0.39, 0.29) is 42.3 Å². The van der Waals surface area contributed by atoms with E-state index in [1.165, 1.54) is 12.1 Å². The number of benzene rings is 2. The van der Waals surface area contributed by atoms with Gasteiger partial charge in [0.25, 0.3) is 11.5 Å². The summed E-state index contributed by atoms with van der Waals surface area (Å²) in [6.07, 6.45) is 2.39. The molecule has 1 aliphatic heterocycles. The Morgan fingerprint density at radius 1 is 1.10 bits per heavy atom. The Morgan fingerprint density at radius 2 is 1.86 bits per heavy atom. The van der Waals surface area contributed by atoms with Gasteiger partial charge in [0.15, 0.2) is 0 Å².